The summed E-state index contributed by atoms with van der Waals surface area (Å²) in [6.07, 6.45) is 1.92. The summed E-state index contributed by atoms with van der Waals surface area (Å²) < 4.78 is 5.33. The second kappa shape index (κ2) is 6.68. The van der Waals surface area contributed by atoms with Gasteiger partial charge in [-0.2, -0.15) is 0 Å². The summed E-state index contributed by atoms with van der Waals surface area (Å²) in [5.41, 5.74) is 3.38. The topological polar surface area (TPSA) is 29.5 Å². The van der Waals surface area contributed by atoms with Gasteiger partial charge in [-0.25, -0.2) is 0 Å². The Morgan fingerprint density at radius 2 is 1.88 bits per heavy atom. The number of carbonyl (C=O) groups is 1. The first-order chi connectivity index (χ1) is 11.7. The molecule has 1 heterocycles. The number of rotatable bonds is 3. The number of ether oxygens (including phenoxy) is 1. The van der Waals surface area contributed by atoms with E-state index in [0.29, 0.717) is 6.54 Å². The van der Waals surface area contributed by atoms with E-state index in [2.05, 4.69) is 24.3 Å². The molecule has 2 aromatic rings. The van der Waals surface area contributed by atoms with Crippen LogP contribution in [0.4, 0.5) is 0 Å². The van der Waals surface area contributed by atoms with Gasteiger partial charge in [0.05, 0.1) is 12.5 Å². The highest BCUT2D eigenvalue weighted by Gasteiger charge is 2.55. The normalized spacial score (nSPS) is 21.0. The molecule has 1 atom stereocenters. The highest BCUT2D eigenvalue weighted by molar-refractivity contribution is 5.95. The minimum atomic E-state index is -0.293. The number of hydrogen-bond donors (Lipinski definition) is 0. The fraction of sp³-hybridized carbons (Fsp3) is 0.381. The zero-order valence-corrected chi connectivity index (χ0v) is 14.7. The Morgan fingerprint density at radius 3 is 2.54 bits per heavy atom. The third kappa shape index (κ3) is 2.58. The van der Waals surface area contributed by atoms with Crippen molar-refractivity contribution in [2.24, 2.45) is 0 Å². The second-order valence-electron chi connectivity index (χ2n) is 6.25. The molecule has 0 radical (unpaired) electrons. The Kier molecular flexibility index (Phi) is 4.61. The Labute approximate surface area is 144 Å². The molecule has 126 valence electrons. The number of methoxy groups -OCH3 is 1. The summed E-state index contributed by atoms with van der Waals surface area (Å²) in [6, 6.07) is 16.3. The van der Waals surface area contributed by atoms with Gasteiger partial charge in [0.25, 0.3) is 0 Å². The van der Waals surface area contributed by atoms with E-state index in [4.69, 9.17) is 4.74 Å². The van der Waals surface area contributed by atoms with Crippen LogP contribution in [0.1, 0.15) is 37.0 Å². The predicted molar refractivity (Wildman–Crippen MR) is 96.2 cm³/mol. The van der Waals surface area contributed by atoms with Gasteiger partial charge in [-0.05, 0) is 41.7 Å². The monoisotopic (exact) mass is 323 g/mol. The predicted octanol–water partition coefficient (Wildman–Crippen LogP) is 3.95. The minimum Gasteiger partial charge on any atom is -0.497 e. The maximum absolute atomic E-state index is 12.8. The Balaban J connectivity index is 0.000000815. The van der Waals surface area contributed by atoms with E-state index < -0.39 is 0 Å². The number of fused-ring (bicyclic) bond motifs is 2. The number of aryl methyl sites for hydroxylation is 1. The zero-order chi connectivity index (χ0) is 17.2. The molecule has 0 aromatic heterocycles. The second-order valence-corrected chi connectivity index (χ2v) is 6.25. The summed E-state index contributed by atoms with van der Waals surface area (Å²) >= 11 is 0. The number of nitrogens with zero attached hydrogens (tertiary/aromatic N) is 1. The lowest BCUT2D eigenvalue weighted by Crippen LogP contribution is -2.62. The molecule has 1 amide bonds. The van der Waals surface area contributed by atoms with E-state index in [1.54, 1.807) is 7.11 Å². The maximum atomic E-state index is 12.8. The molecule has 1 spiro atoms. The van der Waals surface area contributed by atoms with Crippen LogP contribution in [-0.4, -0.2) is 24.5 Å². The van der Waals surface area contributed by atoms with Crippen LogP contribution in [0.25, 0.3) is 0 Å². The van der Waals surface area contributed by atoms with Crippen LogP contribution in [0.5, 0.6) is 5.75 Å². The molecule has 2 aromatic carbocycles. The molecule has 24 heavy (non-hydrogen) atoms. The van der Waals surface area contributed by atoms with Crippen LogP contribution in [0.2, 0.25) is 0 Å². The molecule has 3 nitrogen and oxygen atoms in total. The lowest BCUT2D eigenvalue weighted by atomic mass is 9.73. The van der Waals surface area contributed by atoms with Gasteiger partial charge in [-0.15, -0.1) is 0 Å². The third-order valence-corrected chi connectivity index (χ3v) is 5.03. The van der Waals surface area contributed by atoms with Gasteiger partial charge in [0.2, 0.25) is 5.91 Å². The molecule has 1 aliphatic carbocycles. The van der Waals surface area contributed by atoms with Crippen molar-refractivity contribution in [1.29, 1.82) is 0 Å². The molecule has 3 heteroatoms. The standard InChI is InChI=1S/C19H19NO2.C2H6/c1-22-16-8-7-15-9-10-19(17(15)11-16)13-20(18(19)21)12-14-5-3-2-4-6-14;1-2/h2-8,11H,9-10,12-13H2,1H3;1-2H3. The number of β-lactam (4-membered cyclic amide) rings is 1. The average molecular weight is 323 g/mol. The molecule has 4 rings (SSSR count). The van der Waals surface area contributed by atoms with E-state index >= 15 is 0 Å². The highest BCUT2D eigenvalue weighted by atomic mass is 16.5. The van der Waals surface area contributed by atoms with Gasteiger partial charge in [-0.1, -0.05) is 50.2 Å². The van der Waals surface area contributed by atoms with Crippen molar-refractivity contribution in [2.45, 2.75) is 38.6 Å². The summed E-state index contributed by atoms with van der Waals surface area (Å²) in [4.78, 5) is 14.8. The lowest BCUT2D eigenvalue weighted by molar-refractivity contribution is -0.152. The number of amides is 1. The summed E-state index contributed by atoms with van der Waals surface area (Å²) in [5.74, 6) is 1.11. The summed E-state index contributed by atoms with van der Waals surface area (Å²) in [6.45, 7) is 5.53. The van der Waals surface area contributed by atoms with Gasteiger partial charge >= 0.3 is 0 Å². The quantitative estimate of drug-likeness (QED) is 0.801. The first kappa shape index (κ1) is 16.6. The van der Waals surface area contributed by atoms with Gasteiger partial charge in [-0.3, -0.25) is 4.79 Å². The molecule has 1 unspecified atom stereocenters. The first-order valence-corrected chi connectivity index (χ1v) is 8.74. The van der Waals surface area contributed by atoms with Crippen molar-refractivity contribution in [3.8, 4) is 5.75 Å². The average Bonchev–Trinajstić information content (AvgIpc) is 3.04. The molecule has 2 aliphatic rings. The van der Waals surface area contributed by atoms with Crippen LogP contribution in [-0.2, 0) is 23.2 Å². The Bertz CT molecular complexity index is 726. The van der Waals surface area contributed by atoms with Crippen LogP contribution >= 0.6 is 0 Å². The maximum Gasteiger partial charge on any atom is 0.235 e. The molecule has 0 saturated carbocycles. The fourth-order valence-corrected chi connectivity index (χ4v) is 3.82. The van der Waals surface area contributed by atoms with E-state index in [1.807, 2.05) is 43.0 Å². The number of hydrogen-bond acceptors (Lipinski definition) is 2. The zero-order valence-electron chi connectivity index (χ0n) is 14.7. The number of likely N-dealkylation sites (tertiary alicyclic amines) is 1. The fourth-order valence-electron chi connectivity index (χ4n) is 3.82. The lowest BCUT2D eigenvalue weighted by Gasteiger charge is -2.47. The molecule has 1 fully saturated rings. The van der Waals surface area contributed by atoms with Crippen molar-refractivity contribution < 1.29 is 9.53 Å². The molecule has 1 aliphatic heterocycles. The van der Waals surface area contributed by atoms with Gasteiger partial charge in [0, 0.05) is 13.1 Å². The van der Waals surface area contributed by atoms with Crippen LogP contribution in [0.15, 0.2) is 48.5 Å². The van der Waals surface area contributed by atoms with Crippen molar-refractivity contribution in [3.63, 3.8) is 0 Å². The summed E-state index contributed by atoms with van der Waals surface area (Å²) in [7, 11) is 1.67. The largest absolute Gasteiger partial charge is 0.497 e. The minimum absolute atomic E-state index is 0.267. The molecular formula is C21H25NO2. The van der Waals surface area contributed by atoms with Crippen molar-refractivity contribution in [3.05, 3.63) is 65.2 Å². The molecule has 0 bridgehead atoms. The number of carbonyl (C=O) groups excluding carboxylic acids is 1. The smallest absolute Gasteiger partial charge is 0.235 e. The van der Waals surface area contributed by atoms with Gasteiger partial charge in [0.15, 0.2) is 0 Å². The van der Waals surface area contributed by atoms with Gasteiger partial charge < -0.3 is 9.64 Å². The third-order valence-electron chi connectivity index (χ3n) is 5.03. The van der Waals surface area contributed by atoms with E-state index in [1.165, 1.54) is 16.7 Å². The van der Waals surface area contributed by atoms with Crippen molar-refractivity contribution >= 4 is 5.91 Å². The highest BCUT2D eigenvalue weighted by Crippen LogP contribution is 2.47. The SMILES string of the molecule is CC.COc1ccc2c(c1)C1(CC2)CN(Cc2ccccc2)C1=O. The molecule has 0 N–H and O–H groups in total. The van der Waals surface area contributed by atoms with E-state index in [-0.39, 0.29) is 11.3 Å². The van der Waals surface area contributed by atoms with Crippen LogP contribution < -0.4 is 4.74 Å². The van der Waals surface area contributed by atoms with Crippen LogP contribution in [0, 0.1) is 0 Å². The first-order valence-electron chi connectivity index (χ1n) is 8.74. The Morgan fingerprint density at radius 1 is 1.12 bits per heavy atom. The van der Waals surface area contributed by atoms with Gasteiger partial charge in [0.1, 0.15) is 5.75 Å². The Hall–Kier alpha value is -2.29. The number of benzene rings is 2. The van der Waals surface area contributed by atoms with E-state index in [0.717, 1.165) is 25.1 Å². The molecule has 1 saturated heterocycles. The molecular weight excluding hydrogens is 298 g/mol. The van der Waals surface area contributed by atoms with Crippen molar-refractivity contribution in [1.82, 2.24) is 4.90 Å². The van der Waals surface area contributed by atoms with Crippen molar-refractivity contribution in [2.75, 3.05) is 13.7 Å². The van der Waals surface area contributed by atoms with E-state index in [9.17, 15) is 4.79 Å². The summed E-state index contributed by atoms with van der Waals surface area (Å²) in [5, 5.41) is 0. The van der Waals surface area contributed by atoms with Crippen LogP contribution in [0.3, 0.4) is 0 Å².